The Balaban J connectivity index is 1.86. The Hall–Kier alpha value is -1.82. The van der Waals surface area contributed by atoms with Crippen molar-refractivity contribution in [3.05, 3.63) is 10.4 Å². The lowest BCUT2D eigenvalue weighted by Crippen LogP contribution is -2.37. The van der Waals surface area contributed by atoms with Gasteiger partial charge in [0.2, 0.25) is 0 Å². The average Bonchev–Trinajstić information content (AvgIpc) is 2.81. The standard InChI is InChI=1S/C13H19N5O2S/c14-8-9-10(15)11(12(16)19)21-13(9)17-2-1-3-18-4-6-20-7-5-18/h17H,1-7,15H2,(H2,16,19). The molecular weight excluding hydrogens is 290 g/mol. The van der Waals surface area contributed by atoms with Crippen molar-refractivity contribution in [3.8, 4) is 6.07 Å². The Morgan fingerprint density at radius 3 is 2.81 bits per heavy atom. The summed E-state index contributed by atoms with van der Waals surface area (Å²) in [6, 6.07) is 2.02. The Bertz CT molecular complexity index is 545. The fraction of sp³-hybridized carbons (Fsp3) is 0.538. The molecule has 7 nitrogen and oxygen atoms in total. The van der Waals surface area contributed by atoms with Crippen molar-refractivity contribution in [2.24, 2.45) is 5.73 Å². The third-order valence-corrected chi connectivity index (χ3v) is 4.50. The Labute approximate surface area is 127 Å². The van der Waals surface area contributed by atoms with Gasteiger partial charge in [-0.05, 0) is 13.0 Å². The normalized spacial score (nSPS) is 15.6. The first-order valence-electron chi connectivity index (χ1n) is 6.79. The fourth-order valence-electron chi connectivity index (χ4n) is 2.19. The average molecular weight is 309 g/mol. The van der Waals surface area contributed by atoms with Gasteiger partial charge in [-0.25, -0.2) is 0 Å². The first-order valence-corrected chi connectivity index (χ1v) is 7.61. The van der Waals surface area contributed by atoms with E-state index in [-0.39, 0.29) is 10.6 Å². The van der Waals surface area contributed by atoms with E-state index in [1.165, 1.54) is 0 Å². The molecule has 1 aromatic heterocycles. The van der Waals surface area contributed by atoms with Crippen LogP contribution in [0.1, 0.15) is 21.7 Å². The number of hydrogen-bond acceptors (Lipinski definition) is 7. The number of nitrogen functional groups attached to an aromatic ring is 1. The van der Waals surface area contributed by atoms with Crippen LogP contribution in [0, 0.1) is 11.3 Å². The smallest absolute Gasteiger partial charge is 0.261 e. The highest BCUT2D eigenvalue weighted by Crippen LogP contribution is 2.34. The molecule has 0 aliphatic carbocycles. The number of morpholine rings is 1. The summed E-state index contributed by atoms with van der Waals surface area (Å²) in [6.07, 6.45) is 0.939. The van der Waals surface area contributed by atoms with Gasteiger partial charge in [-0.15, -0.1) is 11.3 Å². The van der Waals surface area contributed by atoms with Crippen LogP contribution in [-0.2, 0) is 4.74 Å². The van der Waals surface area contributed by atoms with Crippen molar-refractivity contribution in [2.45, 2.75) is 6.42 Å². The molecule has 2 rings (SSSR count). The summed E-state index contributed by atoms with van der Waals surface area (Å²) in [5.41, 5.74) is 11.5. The molecule has 0 aromatic carbocycles. The second-order valence-electron chi connectivity index (χ2n) is 4.76. The second kappa shape index (κ2) is 7.26. The third-order valence-electron chi connectivity index (χ3n) is 3.32. The maximum Gasteiger partial charge on any atom is 0.261 e. The molecule has 0 bridgehead atoms. The number of thiophene rings is 1. The molecule has 0 unspecified atom stereocenters. The largest absolute Gasteiger partial charge is 0.396 e. The van der Waals surface area contributed by atoms with E-state index in [1.54, 1.807) is 0 Å². The number of nitrogens with two attached hydrogens (primary N) is 2. The number of primary amides is 1. The molecule has 1 aliphatic rings. The van der Waals surface area contributed by atoms with Crippen LogP contribution in [0.5, 0.6) is 0 Å². The summed E-state index contributed by atoms with van der Waals surface area (Å²) in [4.78, 5) is 13.8. The van der Waals surface area contributed by atoms with Crippen molar-refractivity contribution in [3.63, 3.8) is 0 Å². The van der Waals surface area contributed by atoms with Crippen LogP contribution >= 0.6 is 11.3 Å². The summed E-state index contributed by atoms with van der Waals surface area (Å²) in [5, 5.41) is 12.9. The van der Waals surface area contributed by atoms with Crippen molar-refractivity contribution in [1.82, 2.24) is 4.90 Å². The minimum Gasteiger partial charge on any atom is -0.396 e. The van der Waals surface area contributed by atoms with Crippen molar-refractivity contribution in [2.75, 3.05) is 50.4 Å². The number of hydrogen-bond donors (Lipinski definition) is 3. The zero-order valence-electron chi connectivity index (χ0n) is 11.7. The van der Waals surface area contributed by atoms with E-state index in [0.717, 1.165) is 50.6 Å². The van der Waals surface area contributed by atoms with Gasteiger partial charge in [-0.3, -0.25) is 9.69 Å². The van der Waals surface area contributed by atoms with Crippen molar-refractivity contribution < 1.29 is 9.53 Å². The van der Waals surface area contributed by atoms with Gasteiger partial charge in [-0.2, -0.15) is 5.26 Å². The molecule has 2 heterocycles. The topological polar surface area (TPSA) is 117 Å². The van der Waals surface area contributed by atoms with Gasteiger partial charge in [0.25, 0.3) is 5.91 Å². The molecule has 1 aliphatic heterocycles. The molecule has 21 heavy (non-hydrogen) atoms. The predicted octanol–water partition coefficient (Wildman–Crippen LogP) is 0.435. The van der Waals surface area contributed by atoms with E-state index >= 15 is 0 Å². The van der Waals surface area contributed by atoms with Crippen LogP contribution in [-0.4, -0.2) is 50.2 Å². The summed E-state index contributed by atoms with van der Waals surface area (Å²) < 4.78 is 5.29. The van der Waals surface area contributed by atoms with E-state index in [0.29, 0.717) is 17.1 Å². The van der Waals surface area contributed by atoms with Crippen LogP contribution in [0.2, 0.25) is 0 Å². The van der Waals surface area contributed by atoms with E-state index < -0.39 is 5.91 Å². The molecule has 114 valence electrons. The highest BCUT2D eigenvalue weighted by atomic mass is 32.1. The lowest BCUT2D eigenvalue weighted by molar-refractivity contribution is 0.0378. The third kappa shape index (κ3) is 3.85. The summed E-state index contributed by atoms with van der Waals surface area (Å²) in [6.45, 7) is 5.18. The summed E-state index contributed by atoms with van der Waals surface area (Å²) in [5.74, 6) is -0.602. The Morgan fingerprint density at radius 2 is 2.19 bits per heavy atom. The molecule has 1 fully saturated rings. The lowest BCUT2D eigenvalue weighted by Gasteiger charge is -2.26. The maximum absolute atomic E-state index is 11.2. The second-order valence-corrected chi connectivity index (χ2v) is 5.78. The Morgan fingerprint density at radius 1 is 1.48 bits per heavy atom. The van der Waals surface area contributed by atoms with Crippen molar-refractivity contribution >= 4 is 27.9 Å². The molecule has 0 radical (unpaired) electrons. The number of carbonyl (C=O) groups is 1. The summed E-state index contributed by atoms with van der Waals surface area (Å²) >= 11 is 1.14. The van der Waals surface area contributed by atoms with E-state index in [2.05, 4.69) is 10.2 Å². The number of rotatable bonds is 6. The molecular formula is C13H19N5O2S. The summed E-state index contributed by atoms with van der Waals surface area (Å²) in [7, 11) is 0. The van der Waals surface area contributed by atoms with E-state index in [9.17, 15) is 4.79 Å². The number of nitriles is 1. The van der Waals surface area contributed by atoms with E-state index in [4.69, 9.17) is 21.5 Å². The van der Waals surface area contributed by atoms with Gasteiger partial charge in [0.15, 0.2) is 0 Å². The molecule has 5 N–H and O–H groups in total. The first kappa shape index (κ1) is 15.6. The zero-order valence-corrected chi connectivity index (χ0v) is 12.5. The van der Waals surface area contributed by atoms with Gasteiger partial charge in [0.05, 0.1) is 18.9 Å². The molecule has 0 saturated carbocycles. The first-order chi connectivity index (χ1) is 10.1. The molecule has 8 heteroatoms. The molecule has 1 amide bonds. The minimum atomic E-state index is -0.602. The number of ether oxygens (including phenoxy) is 1. The van der Waals surface area contributed by atoms with Gasteiger partial charge >= 0.3 is 0 Å². The molecule has 0 spiro atoms. The minimum absolute atomic E-state index is 0.172. The fourth-order valence-corrected chi connectivity index (χ4v) is 3.14. The number of nitrogens with one attached hydrogen (secondary N) is 1. The van der Waals surface area contributed by atoms with Crippen LogP contribution in [0.4, 0.5) is 10.7 Å². The molecule has 1 saturated heterocycles. The monoisotopic (exact) mass is 309 g/mol. The van der Waals surface area contributed by atoms with Crippen LogP contribution in [0.3, 0.4) is 0 Å². The number of carbonyl (C=O) groups excluding carboxylic acids is 1. The van der Waals surface area contributed by atoms with Gasteiger partial charge < -0.3 is 21.5 Å². The molecule has 0 atom stereocenters. The zero-order chi connectivity index (χ0) is 15.2. The van der Waals surface area contributed by atoms with Gasteiger partial charge in [0.1, 0.15) is 21.5 Å². The van der Waals surface area contributed by atoms with Gasteiger partial charge in [0, 0.05) is 19.6 Å². The van der Waals surface area contributed by atoms with Crippen molar-refractivity contribution in [1.29, 1.82) is 5.26 Å². The molecule has 1 aromatic rings. The van der Waals surface area contributed by atoms with Crippen LogP contribution < -0.4 is 16.8 Å². The Kier molecular flexibility index (Phi) is 5.38. The van der Waals surface area contributed by atoms with Crippen LogP contribution in [0.15, 0.2) is 0 Å². The quantitative estimate of drug-likeness (QED) is 0.656. The number of nitrogens with zero attached hydrogens (tertiary/aromatic N) is 2. The predicted molar refractivity (Wildman–Crippen MR) is 82.3 cm³/mol. The SMILES string of the molecule is N#Cc1c(NCCCN2CCOCC2)sc(C(N)=O)c1N. The maximum atomic E-state index is 11.2. The van der Waals surface area contributed by atoms with Crippen LogP contribution in [0.25, 0.3) is 0 Å². The van der Waals surface area contributed by atoms with E-state index in [1.807, 2.05) is 6.07 Å². The highest BCUT2D eigenvalue weighted by molar-refractivity contribution is 7.18. The highest BCUT2D eigenvalue weighted by Gasteiger charge is 2.19. The lowest BCUT2D eigenvalue weighted by atomic mass is 10.2. The van der Waals surface area contributed by atoms with Gasteiger partial charge in [-0.1, -0.05) is 0 Å². The number of anilines is 2. The number of amides is 1.